The third-order valence-electron chi connectivity index (χ3n) is 2.88. The van der Waals surface area contributed by atoms with Crippen LogP contribution in [0.25, 0.3) is 6.08 Å². The minimum Gasteiger partial charge on any atom is -0.318 e. The van der Waals surface area contributed by atoms with Gasteiger partial charge in [-0.1, -0.05) is 18.2 Å². The molecule has 3 nitrogen and oxygen atoms in total. The van der Waals surface area contributed by atoms with Gasteiger partial charge >= 0.3 is 0 Å². The molecule has 102 valence electrons. The van der Waals surface area contributed by atoms with Crippen molar-refractivity contribution < 1.29 is 9.59 Å². The highest BCUT2D eigenvalue weighted by Crippen LogP contribution is 2.15. The lowest BCUT2D eigenvalue weighted by atomic mass is 10.1. The predicted molar refractivity (Wildman–Crippen MR) is 82.0 cm³/mol. The van der Waals surface area contributed by atoms with E-state index in [4.69, 9.17) is 0 Å². The van der Waals surface area contributed by atoms with Crippen molar-refractivity contribution in [1.29, 1.82) is 0 Å². The first-order chi connectivity index (χ1) is 9.61. The second kappa shape index (κ2) is 6.30. The van der Waals surface area contributed by atoms with E-state index < -0.39 is 0 Å². The summed E-state index contributed by atoms with van der Waals surface area (Å²) in [4.78, 5) is 25.9. The topological polar surface area (TPSA) is 37.4 Å². The first-order valence-corrected chi connectivity index (χ1v) is 7.04. The van der Waals surface area contributed by atoms with Crippen LogP contribution >= 0.6 is 11.3 Å². The number of amides is 1. The fourth-order valence-corrected chi connectivity index (χ4v) is 2.47. The number of hydrogen-bond acceptors (Lipinski definition) is 3. The van der Waals surface area contributed by atoms with Crippen molar-refractivity contribution >= 4 is 29.6 Å². The molecular weight excluding hydrogens is 270 g/mol. The molecule has 0 unspecified atom stereocenters. The fourth-order valence-electron chi connectivity index (χ4n) is 1.80. The van der Waals surface area contributed by atoms with Gasteiger partial charge in [-0.05, 0) is 36.1 Å². The molecule has 20 heavy (non-hydrogen) atoms. The maximum Gasteiger partial charge on any atom is 0.258 e. The third-order valence-corrected chi connectivity index (χ3v) is 3.76. The molecule has 0 spiro atoms. The lowest BCUT2D eigenvalue weighted by Crippen LogP contribution is -2.22. The second-order valence-electron chi connectivity index (χ2n) is 4.43. The molecule has 0 saturated carbocycles. The molecule has 0 N–H and O–H groups in total. The van der Waals surface area contributed by atoms with Gasteiger partial charge in [0.1, 0.15) is 0 Å². The number of thiophene rings is 1. The highest BCUT2D eigenvalue weighted by Gasteiger charge is 2.13. The van der Waals surface area contributed by atoms with Crippen LogP contribution < -0.4 is 0 Å². The van der Waals surface area contributed by atoms with Gasteiger partial charge in [0.05, 0.1) is 5.56 Å². The Morgan fingerprint density at radius 1 is 1.30 bits per heavy atom. The monoisotopic (exact) mass is 285 g/mol. The van der Waals surface area contributed by atoms with Crippen LogP contribution in [0, 0.1) is 6.92 Å². The van der Waals surface area contributed by atoms with E-state index in [0.29, 0.717) is 17.4 Å². The van der Waals surface area contributed by atoms with E-state index in [2.05, 4.69) is 6.07 Å². The Kier molecular flexibility index (Phi) is 4.48. The number of carbonyl (C=O) groups excluding carboxylic acids is 2. The summed E-state index contributed by atoms with van der Waals surface area (Å²) in [6.45, 7) is 2.04. The molecule has 0 saturated heterocycles. The first-order valence-electron chi connectivity index (χ1n) is 6.16. The average molecular weight is 285 g/mol. The van der Waals surface area contributed by atoms with Crippen LogP contribution in [0.4, 0.5) is 0 Å². The summed E-state index contributed by atoms with van der Waals surface area (Å²) in [7, 11) is 1.68. The van der Waals surface area contributed by atoms with Crippen molar-refractivity contribution in [2.45, 2.75) is 6.92 Å². The Morgan fingerprint density at radius 3 is 2.70 bits per heavy atom. The van der Waals surface area contributed by atoms with Crippen molar-refractivity contribution in [1.82, 2.24) is 4.90 Å². The van der Waals surface area contributed by atoms with E-state index >= 15 is 0 Å². The highest BCUT2D eigenvalue weighted by molar-refractivity contribution is 7.10. The number of hydrogen-bond donors (Lipinski definition) is 0. The van der Waals surface area contributed by atoms with Crippen LogP contribution in [0.1, 0.15) is 31.2 Å². The molecule has 0 aliphatic heterocycles. The Hall–Kier alpha value is -2.20. The summed E-state index contributed by atoms with van der Waals surface area (Å²) in [5, 5.41) is 2.03. The summed E-state index contributed by atoms with van der Waals surface area (Å²) >= 11 is 1.67. The third kappa shape index (κ3) is 3.22. The van der Waals surface area contributed by atoms with Gasteiger partial charge < -0.3 is 4.90 Å². The summed E-state index contributed by atoms with van der Waals surface area (Å²) in [6, 6.07) is 8.84. The largest absolute Gasteiger partial charge is 0.318 e. The molecule has 0 bridgehead atoms. The van der Waals surface area contributed by atoms with Crippen LogP contribution in [-0.4, -0.2) is 24.1 Å². The molecular formula is C16H15NO2S. The molecule has 0 fully saturated rings. The Bertz CT molecular complexity index is 658. The van der Waals surface area contributed by atoms with Gasteiger partial charge in [-0.2, -0.15) is 0 Å². The van der Waals surface area contributed by atoms with E-state index in [1.807, 2.05) is 18.4 Å². The first kappa shape index (κ1) is 14.2. The summed E-state index contributed by atoms with van der Waals surface area (Å²) in [6.07, 6.45) is 4.29. The maximum absolute atomic E-state index is 12.3. The van der Waals surface area contributed by atoms with E-state index in [9.17, 15) is 9.59 Å². The molecule has 0 atom stereocenters. The Morgan fingerprint density at radius 2 is 2.05 bits per heavy atom. The number of carbonyl (C=O) groups is 2. The molecule has 2 aromatic rings. The predicted octanol–water partition coefficient (Wildman–Crippen LogP) is 3.61. The van der Waals surface area contributed by atoms with Gasteiger partial charge in [-0.25, -0.2) is 0 Å². The van der Waals surface area contributed by atoms with Gasteiger partial charge in [0.15, 0.2) is 6.29 Å². The summed E-state index contributed by atoms with van der Waals surface area (Å²) in [5.74, 6) is -0.198. The van der Waals surface area contributed by atoms with Crippen molar-refractivity contribution in [2.75, 3.05) is 7.05 Å². The number of benzene rings is 1. The minimum atomic E-state index is -0.198. The molecule has 1 aromatic carbocycles. The summed E-state index contributed by atoms with van der Waals surface area (Å²) < 4.78 is 0. The lowest BCUT2D eigenvalue weighted by molar-refractivity contribution is 0.0847. The maximum atomic E-state index is 12.3. The minimum absolute atomic E-state index is 0.198. The highest BCUT2D eigenvalue weighted by atomic mass is 32.1. The van der Waals surface area contributed by atoms with Crippen LogP contribution in [-0.2, 0) is 0 Å². The number of aldehydes is 1. The molecule has 0 aliphatic carbocycles. The SMILES string of the molecule is Cc1cc(/C=C/N(C)C(=O)c2ccccc2C=O)cs1. The zero-order valence-corrected chi connectivity index (χ0v) is 12.2. The molecule has 1 amide bonds. The quantitative estimate of drug-likeness (QED) is 0.805. The van der Waals surface area contributed by atoms with E-state index in [1.165, 1.54) is 9.78 Å². The van der Waals surface area contributed by atoms with Gasteiger partial charge in [0.25, 0.3) is 5.91 Å². The Balaban J connectivity index is 2.16. The van der Waals surface area contributed by atoms with E-state index in [-0.39, 0.29) is 5.91 Å². The van der Waals surface area contributed by atoms with Crippen LogP contribution in [0.5, 0.6) is 0 Å². The zero-order valence-electron chi connectivity index (χ0n) is 11.4. The molecule has 1 aromatic heterocycles. The van der Waals surface area contributed by atoms with Crippen molar-refractivity contribution in [3.8, 4) is 0 Å². The number of aryl methyl sites for hydroxylation is 1. The van der Waals surface area contributed by atoms with Crippen LogP contribution in [0.2, 0.25) is 0 Å². The second-order valence-corrected chi connectivity index (χ2v) is 5.54. The van der Waals surface area contributed by atoms with Gasteiger partial charge in [0.2, 0.25) is 0 Å². The fraction of sp³-hybridized carbons (Fsp3) is 0.125. The number of nitrogens with zero attached hydrogens (tertiary/aromatic N) is 1. The van der Waals surface area contributed by atoms with E-state index in [1.54, 1.807) is 48.8 Å². The zero-order chi connectivity index (χ0) is 14.5. The van der Waals surface area contributed by atoms with Crippen LogP contribution in [0.3, 0.4) is 0 Å². The molecule has 0 radical (unpaired) electrons. The van der Waals surface area contributed by atoms with Gasteiger partial charge in [-0.15, -0.1) is 11.3 Å². The molecule has 0 aliphatic rings. The van der Waals surface area contributed by atoms with Crippen molar-refractivity contribution in [2.24, 2.45) is 0 Å². The van der Waals surface area contributed by atoms with Crippen molar-refractivity contribution in [3.05, 3.63) is 63.5 Å². The van der Waals surface area contributed by atoms with Gasteiger partial charge in [-0.3, -0.25) is 9.59 Å². The Labute approximate surface area is 122 Å². The molecule has 1 heterocycles. The normalized spacial score (nSPS) is 10.7. The molecule has 4 heteroatoms. The summed E-state index contributed by atoms with van der Waals surface area (Å²) in [5.41, 5.74) is 1.89. The molecule has 2 rings (SSSR count). The van der Waals surface area contributed by atoms with Crippen molar-refractivity contribution in [3.63, 3.8) is 0 Å². The number of rotatable bonds is 4. The average Bonchev–Trinajstić information content (AvgIpc) is 2.89. The van der Waals surface area contributed by atoms with Crippen LogP contribution in [0.15, 0.2) is 41.9 Å². The smallest absolute Gasteiger partial charge is 0.258 e. The van der Waals surface area contributed by atoms with E-state index in [0.717, 1.165) is 5.56 Å². The standard InChI is InChI=1S/C16H15NO2S/c1-12-9-13(11-20-12)7-8-17(2)16(19)15-6-4-3-5-14(15)10-18/h3-11H,1-2H3/b8-7+. The lowest BCUT2D eigenvalue weighted by Gasteiger charge is -2.13. The van der Waals surface area contributed by atoms with Gasteiger partial charge in [0, 0.05) is 23.7 Å².